The normalized spacial score (nSPS) is 32.8. The molecule has 26 atom stereocenters. The fourth-order valence-corrected chi connectivity index (χ4v) is 13.6. The number of amides is 2. The molecule has 2 amide bonds. The monoisotopic (exact) mass is 1690 g/mol. The Morgan fingerprint density at radius 2 is 0.942 bits per heavy atom. The summed E-state index contributed by atoms with van der Waals surface area (Å²) in [7, 11) is -47.4. The van der Waals surface area contributed by atoms with Gasteiger partial charge < -0.3 is 99.2 Å². The SMILES string of the molecule is CC(=O)NC(CO)[C@@H](O[C@@H]1OC(C(=O)O)[C@@H](O[C@@H]2OC(COS(=O)(=O)O)[C@H](OS(=O)(=O)O)[C@H](OCC(O)[C@H](/C=C(\O)C(=O)O)O[C@@H]3OC(C)[C@@H](OS(=O)(=O)O)[C@H](O)C3OS(=O)(=O)O)C2NC(C)=O)C(O[C@@H]2OC(C)[C@@H](OS(=O)(=O)O)[C@H](O)C2OS(=O)(=O)O)[C@@H]1O)[C@@H](OS(=O)(=O)O)C(O)COS(=O)(=O)O. The number of rotatable bonds is 39. The quantitative estimate of drug-likeness (QED) is 0.0154. The summed E-state index contributed by atoms with van der Waals surface area (Å²) < 4.78 is 355. The van der Waals surface area contributed by atoms with Crippen LogP contribution in [-0.2, 0) is 178 Å². The van der Waals surface area contributed by atoms with Crippen molar-refractivity contribution in [3.8, 4) is 0 Å². The highest BCUT2D eigenvalue weighted by molar-refractivity contribution is 7.82. The Bertz CT molecular complexity index is 3960. The van der Waals surface area contributed by atoms with E-state index in [0.717, 1.165) is 6.92 Å². The van der Waals surface area contributed by atoms with E-state index >= 15 is 0 Å². The number of carbonyl (C=O) groups is 4. The van der Waals surface area contributed by atoms with E-state index in [-0.39, 0.29) is 6.08 Å². The van der Waals surface area contributed by atoms with Crippen molar-refractivity contribution in [2.45, 2.75) is 187 Å². The highest BCUT2D eigenvalue weighted by atomic mass is 32.3. The molecule has 0 bridgehead atoms. The van der Waals surface area contributed by atoms with Gasteiger partial charge in [0.25, 0.3) is 0 Å². The van der Waals surface area contributed by atoms with E-state index in [1.165, 1.54) is 0 Å². The van der Waals surface area contributed by atoms with Crippen molar-refractivity contribution >= 4 is 107 Å². The minimum absolute atomic E-state index is 0.0487. The number of hydrogen-bond donors (Lipinski definition) is 19. The Balaban J connectivity index is 2.10. The lowest BCUT2D eigenvalue weighted by Gasteiger charge is -2.50. The van der Waals surface area contributed by atoms with E-state index in [2.05, 4.69) is 33.5 Å². The summed E-state index contributed by atoms with van der Waals surface area (Å²) in [5.74, 6) is -9.61. The molecule has 4 heterocycles. The predicted octanol–water partition coefficient (Wildman–Crippen LogP) is -12.0. The third-order valence-corrected chi connectivity index (χ3v) is 17.3. The number of carboxylic acid groups (broad SMARTS) is 2. The van der Waals surface area contributed by atoms with E-state index < -0.39 is 298 Å². The van der Waals surface area contributed by atoms with Crippen LogP contribution in [0.5, 0.6) is 0 Å². The van der Waals surface area contributed by atoms with Crippen LogP contribution in [0.25, 0.3) is 0 Å². The molecule has 4 rings (SSSR count). The lowest BCUT2D eigenvalue weighted by molar-refractivity contribution is -0.378. The van der Waals surface area contributed by atoms with E-state index in [9.17, 15) is 169 Å². The topological polar surface area (TPSA) is 866 Å². The molecule has 4 aliphatic rings. The predicted molar refractivity (Wildman–Crippen MR) is 307 cm³/mol. The maximum atomic E-state index is 13.7. The number of nitrogens with one attached hydrogen (secondary N) is 2. The summed E-state index contributed by atoms with van der Waals surface area (Å²) in [4.78, 5) is 51.5. The zero-order valence-corrected chi connectivity index (χ0v) is 58.4. The van der Waals surface area contributed by atoms with Gasteiger partial charge in [-0.1, -0.05) is 0 Å². The molecule has 0 aromatic rings. The van der Waals surface area contributed by atoms with Gasteiger partial charge in [0.15, 0.2) is 49.2 Å². The molecule has 4 aliphatic heterocycles. The summed E-state index contributed by atoms with van der Waals surface area (Å²) in [5, 5.41) is 103. The first kappa shape index (κ1) is 92.2. The van der Waals surface area contributed by atoms with Crippen LogP contribution in [0.1, 0.15) is 27.7 Å². The molecule has 608 valence electrons. The molecular formula is C40H66N2O54S8. The van der Waals surface area contributed by atoms with Gasteiger partial charge in [-0.25, -0.2) is 43.1 Å². The molecule has 19 N–H and O–H groups in total. The molecule has 4 saturated heterocycles. The van der Waals surface area contributed by atoms with Crippen molar-refractivity contribution in [3.63, 3.8) is 0 Å². The minimum Gasteiger partial charge on any atom is -0.502 e. The Kier molecular flexibility index (Phi) is 32.4. The average Bonchev–Trinajstić information content (AvgIpc) is 0.758. The number of aliphatic carboxylic acids is 2. The lowest BCUT2D eigenvalue weighted by Crippen LogP contribution is -2.70. The van der Waals surface area contributed by atoms with E-state index in [1.807, 2.05) is 10.6 Å². The van der Waals surface area contributed by atoms with Gasteiger partial charge in [0.1, 0.15) is 97.6 Å². The summed E-state index contributed by atoms with van der Waals surface area (Å²) in [6.45, 7) is -4.68. The highest BCUT2D eigenvalue weighted by Gasteiger charge is 2.60. The fourth-order valence-electron chi connectivity index (χ4n) is 9.85. The number of ether oxygens (including phenoxy) is 9. The Morgan fingerprint density at radius 3 is 1.38 bits per heavy atom. The highest BCUT2D eigenvalue weighted by Crippen LogP contribution is 2.39. The van der Waals surface area contributed by atoms with Gasteiger partial charge in [0.2, 0.25) is 11.8 Å². The van der Waals surface area contributed by atoms with E-state index in [4.69, 9.17) is 42.6 Å². The smallest absolute Gasteiger partial charge is 0.397 e. The molecule has 0 aromatic carbocycles. The molecule has 0 aromatic heterocycles. The van der Waals surface area contributed by atoms with Crippen molar-refractivity contribution < 1.29 is 245 Å². The van der Waals surface area contributed by atoms with Gasteiger partial charge in [0.05, 0.1) is 44.7 Å². The molecule has 0 saturated carbocycles. The maximum absolute atomic E-state index is 13.7. The summed E-state index contributed by atoms with van der Waals surface area (Å²) >= 11 is 0. The van der Waals surface area contributed by atoms with Gasteiger partial charge in [-0.15, -0.1) is 0 Å². The van der Waals surface area contributed by atoms with Crippen LogP contribution < -0.4 is 10.6 Å². The molecule has 56 nitrogen and oxygen atoms in total. The zero-order valence-electron chi connectivity index (χ0n) is 51.9. The standard InChI is InChI=1S/C40H66N2O54S8/c1-10-24(91-99(62,63)64)21(49)31(95-103(74,75)76)39(83-10)85-18(5-15(46)35(52)53)16(47)7-80-29-20(42-13(4)45)37(86-19(9-82-98(59,60)61)28(29)94-102(71,72)73)89-33-30(88-40-32(96-104(77,78)79)22(50)25(11(2)84-40)92-100(65,66)67)23(51)38(90-34(33)36(54)55)87-26(14(6-43)41-12(3)44)27(93-101(68,69)70)17(48)8-81-97(56,57)58/h5,10-11,14,16-34,37-40,43,46-51H,6-9H2,1-4H3,(H,41,44)(H,42,45)(H,52,53)(H,54,55)(H,56,57,58)(H,59,60,61)(H,62,63,64)(H,65,66,67)(H,68,69,70)(H,71,72,73)(H,74,75,76)(H,77,78,79)/b15-5-/t10?,11?,14?,16?,17?,18-,19?,20?,21-,22-,23-,24+,25+,26+,27-,28-,29+,30?,31?,32?,33-,34?,37-,38+,39-,40-/m0/s1. The third kappa shape index (κ3) is 29.3. The van der Waals surface area contributed by atoms with E-state index in [0.29, 0.717) is 20.8 Å². The lowest BCUT2D eigenvalue weighted by atomic mass is 9.94. The van der Waals surface area contributed by atoms with Gasteiger partial charge in [-0.3, -0.25) is 46.0 Å². The average molecular weight is 1700 g/mol. The summed E-state index contributed by atoms with van der Waals surface area (Å²) in [6.07, 6.45) is -69.7. The van der Waals surface area contributed by atoms with Crippen LogP contribution in [0.2, 0.25) is 0 Å². The number of hydrogen-bond acceptors (Lipinski definition) is 44. The van der Waals surface area contributed by atoms with Crippen LogP contribution in [0, 0.1) is 0 Å². The first-order chi connectivity index (χ1) is 47.1. The van der Waals surface area contributed by atoms with Gasteiger partial charge in [-0.05, 0) is 19.9 Å². The Labute approximate surface area is 585 Å². The van der Waals surface area contributed by atoms with Crippen molar-refractivity contribution in [1.29, 1.82) is 0 Å². The van der Waals surface area contributed by atoms with Crippen LogP contribution in [0.15, 0.2) is 11.8 Å². The second-order valence-corrected chi connectivity index (χ2v) is 29.9. The van der Waals surface area contributed by atoms with Crippen molar-refractivity contribution in [3.05, 3.63) is 11.8 Å². The largest absolute Gasteiger partial charge is 0.502 e. The van der Waals surface area contributed by atoms with Crippen LogP contribution >= 0.6 is 0 Å². The first-order valence-corrected chi connectivity index (χ1v) is 38.5. The van der Waals surface area contributed by atoms with Gasteiger partial charge >= 0.3 is 95.1 Å². The second-order valence-electron chi connectivity index (χ2n) is 21.5. The van der Waals surface area contributed by atoms with Crippen molar-refractivity contribution in [2.24, 2.45) is 0 Å². The molecule has 64 heteroatoms. The molecular weight excluding hydrogens is 1630 g/mol. The first-order valence-electron chi connectivity index (χ1n) is 27.5. The summed E-state index contributed by atoms with van der Waals surface area (Å²) in [6, 6.07) is -5.21. The molecule has 0 aliphatic carbocycles. The number of aliphatic hydroxyl groups is 7. The molecule has 104 heavy (non-hydrogen) atoms. The molecule has 0 radical (unpaired) electrons. The number of aliphatic hydroxyl groups excluding tert-OH is 7. The third-order valence-electron chi connectivity index (χ3n) is 13.7. The molecule has 11 unspecified atom stereocenters. The zero-order chi connectivity index (χ0) is 79.9. The van der Waals surface area contributed by atoms with Crippen LogP contribution in [0.4, 0.5) is 0 Å². The Hall–Kier alpha value is -4.22. The van der Waals surface area contributed by atoms with Crippen molar-refractivity contribution in [2.75, 3.05) is 26.4 Å². The maximum Gasteiger partial charge on any atom is 0.397 e. The van der Waals surface area contributed by atoms with E-state index in [1.54, 1.807) is 0 Å². The molecule has 4 fully saturated rings. The molecule has 0 spiro atoms. The Morgan fingerprint density at radius 1 is 0.481 bits per heavy atom. The number of carboxylic acids is 2. The van der Waals surface area contributed by atoms with Gasteiger partial charge in [-0.2, -0.15) is 67.3 Å². The number of carbonyl (C=O) groups excluding carboxylic acids is 2. The fraction of sp³-hybridized carbons (Fsp3) is 0.850. The van der Waals surface area contributed by atoms with Crippen LogP contribution in [-0.4, -0.2) is 359 Å². The minimum atomic E-state index is -6.19. The van der Waals surface area contributed by atoms with Gasteiger partial charge in [0, 0.05) is 13.8 Å². The summed E-state index contributed by atoms with van der Waals surface area (Å²) in [5.41, 5.74) is 0. The van der Waals surface area contributed by atoms with Crippen LogP contribution in [0.3, 0.4) is 0 Å². The second kappa shape index (κ2) is 36.5. The van der Waals surface area contributed by atoms with Crippen molar-refractivity contribution in [1.82, 2.24) is 10.6 Å².